The number of hydrogen-bond donors (Lipinski definition) is 1. The van der Waals surface area contributed by atoms with Gasteiger partial charge in [-0.2, -0.15) is 0 Å². The highest BCUT2D eigenvalue weighted by atomic mass is 16.2. The molecular formula is C17H28N2O2. The summed E-state index contributed by atoms with van der Waals surface area (Å²) in [6.45, 7) is 4.22. The standard InChI is InChI=1S/C17H28N2O2/c1-3-13(2)19-15(21)16(9-5-4-6-10-16)18-14(20)17(19)11-7-8-12-17/h13H,3-12H2,1-2H3,(H,18,20). The van der Waals surface area contributed by atoms with Crippen LogP contribution in [0.15, 0.2) is 0 Å². The Morgan fingerprint density at radius 1 is 1.05 bits per heavy atom. The summed E-state index contributed by atoms with van der Waals surface area (Å²) in [6.07, 6.45) is 9.62. The van der Waals surface area contributed by atoms with Gasteiger partial charge in [0, 0.05) is 6.04 Å². The molecule has 0 aromatic heterocycles. The molecule has 3 rings (SSSR count). The lowest BCUT2D eigenvalue weighted by Gasteiger charge is -2.54. The van der Waals surface area contributed by atoms with Gasteiger partial charge in [-0.15, -0.1) is 0 Å². The minimum atomic E-state index is -0.591. The van der Waals surface area contributed by atoms with Crippen molar-refractivity contribution in [1.29, 1.82) is 0 Å². The quantitative estimate of drug-likeness (QED) is 0.851. The molecule has 118 valence electrons. The Bertz CT molecular complexity index is 434. The van der Waals surface area contributed by atoms with Gasteiger partial charge in [-0.05, 0) is 39.0 Å². The van der Waals surface area contributed by atoms with Crippen molar-refractivity contribution >= 4 is 11.8 Å². The Balaban J connectivity index is 1.99. The summed E-state index contributed by atoms with van der Waals surface area (Å²) in [4.78, 5) is 28.3. The minimum absolute atomic E-state index is 0.127. The van der Waals surface area contributed by atoms with E-state index in [0.29, 0.717) is 0 Å². The third-order valence-corrected chi connectivity index (χ3v) is 6.03. The van der Waals surface area contributed by atoms with E-state index >= 15 is 0 Å². The molecule has 0 aromatic rings. The molecule has 0 bridgehead atoms. The number of hydrogen-bond acceptors (Lipinski definition) is 2. The summed E-state index contributed by atoms with van der Waals surface area (Å²) < 4.78 is 0. The Morgan fingerprint density at radius 2 is 1.62 bits per heavy atom. The molecule has 1 unspecified atom stereocenters. The number of carbonyl (C=O) groups excluding carboxylic acids is 2. The number of nitrogens with zero attached hydrogens (tertiary/aromatic N) is 1. The van der Waals surface area contributed by atoms with E-state index in [-0.39, 0.29) is 17.9 Å². The van der Waals surface area contributed by atoms with Crippen LogP contribution >= 0.6 is 0 Å². The molecular weight excluding hydrogens is 264 g/mol. The molecule has 2 aliphatic carbocycles. The summed E-state index contributed by atoms with van der Waals surface area (Å²) in [5.41, 5.74) is -1.14. The van der Waals surface area contributed by atoms with Gasteiger partial charge in [0.2, 0.25) is 11.8 Å². The van der Waals surface area contributed by atoms with Gasteiger partial charge >= 0.3 is 0 Å². The van der Waals surface area contributed by atoms with E-state index in [1.165, 1.54) is 6.42 Å². The molecule has 2 spiro atoms. The van der Waals surface area contributed by atoms with Crippen molar-refractivity contribution < 1.29 is 9.59 Å². The van der Waals surface area contributed by atoms with Gasteiger partial charge in [0.1, 0.15) is 11.1 Å². The highest BCUT2D eigenvalue weighted by Gasteiger charge is 2.59. The highest BCUT2D eigenvalue weighted by Crippen LogP contribution is 2.44. The maximum absolute atomic E-state index is 13.3. The van der Waals surface area contributed by atoms with E-state index in [4.69, 9.17) is 0 Å². The Morgan fingerprint density at radius 3 is 2.19 bits per heavy atom. The number of nitrogens with one attached hydrogen (secondary N) is 1. The fourth-order valence-corrected chi connectivity index (χ4v) is 4.65. The van der Waals surface area contributed by atoms with Crippen LogP contribution in [0.1, 0.15) is 78.1 Å². The number of amides is 2. The molecule has 0 aromatic carbocycles. The first kappa shape index (κ1) is 14.9. The predicted molar refractivity (Wildman–Crippen MR) is 81.8 cm³/mol. The molecule has 0 radical (unpaired) electrons. The monoisotopic (exact) mass is 292 g/mol. The summed E-state index contributed by atoms with van der Waals surface area (Å²) in [5.74, 6) is 0.333. The molecule has 1 saturated heterocycles. The van der Waals surface area contributed by atoms with Crippen molar-refractivity contribution in [3.8, 4) is 0 Å². The van der Waals surface area contributed by atoms with Crippen molar-refractivity contribution in [2.45, 2.75) is 95.2 Å². The van der Waals surface area contributed by atoms with Gasteiger partial charge in [0.05, 0.1) is 0 Å². The van der Waals surface area contributed by atoms with Crippen molar-refractivity contribution in [1.82, 2.24) is 10.2 Å². The van der Waals surface area contributed by atoms with Crippen LogP contribution in [-0.2, 0) is 9.59 Å². The average molecular weight is 292 g/mol. The largest absolute Gasteiger partial charge is 0.340 e. The molecule has 1 heterocycles. The second-order valence-electron chi connectivity index (χ2n) is 7.27. The van der Waals surface area contributed by atoms with Gasteiger partial charge in [-0.1, -0.05) is 39.0 Å². The molecule has 21 heavy (non-hydrogen) atoms. The highest BCUT2D eigenvalue weighted by molar-refractivity contribution is 6.02. The van der Waals surface area contributed by atoms with Gasteiger partial charge in [-0.3, -0.25) is 9.59 Å². The SMILES string of the molecule is CCC(C)N1C(=O)C2(CCCCC2)NC(=O)C12CCCC2. The van der Waals surface area contributed by atoms with Crippen LogP contribution in [-0.4, -0.2) is 33.8 Å². The van der Waals surface area contributed by atoms with Crippen LogP contribution in [0, 0.1) is 0 Å². The first-order chi connectivity index (χ1) is 10.1. The smallest absolute Gasteiger partial charge is 0.249 e. The summed E-state index contributed by atoms with van der Waals surface area (Å²) in [5, 5.41) is 3.19. The third-order valence-electron chi connectivity index (χ3n) is 6.03. The van der Waals surface area contributed by atoms with Crippen LogP contribution < -0.4 is 5.32 Å². The van der Waals surface area contributed by atoms with E-state index in [0.717, 1.165) is 57.8 Å². The average Bonchev–Trinajstić information content (AvgIpc) is 2.97. The Kier molecular flexibility index (Phi) is 3.74. The maximum Gasteiger partial charge on any atom is 0.249 e. The van der Waals surface area contributed by atoms with Gasteiger partial charge in [-0.25, -0.2) is 0 Å². The van der Waals surface area contributed by atoms with Gasteiger partial charge < -0.3 is 10.2 Å². The van der Waals surface area contributed by atoms with E-state index < -0.39 is 11.1 Å². The van der Waals surface area contributed by atoms with Gasteiger partial charge in [0.15, 0.2) is 0 Å². The normalized spacial score (nSPS) is 29.0. The first-order valence-electron chi connectivity index (χ1n) is 8.72. The lowest BCUT2D eigenvalue weighted by molar-refractivity contribution is -0.168. The molecule has 4 nitrogen and oxygen atoms in total. The van der Waals surface area contributed by atoms with Gasteiger partial charge in [0.25, 0.3) is 0 Å². The third kappa shape index (κ3) is 2.09. The molecule has 1 atom stereocenters. The molecule has 3 fully saturated rings. The fourth-order valence-electron chi connectivity index (χ4n) is 4.65. The molecule has 4 heteroatoms. The van der Waals surface area contributed by atoms with Crippen LogP contribution in [0.5, 0.6) is 0 Å². The number of piperazine rings is 1. The Hall–Kier alpha value is -1.06. The van der Waals surface area contributed by atoms with Crippen LogP contribution in [0.4, 0.5) is 0 Å². The molecule has 1 N–H and O–H groups in total. The second kappa shape index (κ2) is 5.29. The van der Waals surface area contributed by atoms with Crippen molar-refractivity contribution in [2.24, 2.45) is 0 Å². The lowest BCUT2D eigenvalue weighted by atomic mass is 9.75. The minimum Gasteiger partial charge on any atom is -0.340 e. The second-order valence-corrected chi connectivity index (χ2v) is 7.27. The fraction of sp³-hybridized carbons (Fsp3) is 0.882. The lowest BCUT2D eigenvalue weighted by Crippen LogP contribution is -2.76. The zero-order valence-electron chi connectivity index (χ0n) is 13.4. The van der Waals surface area contributed by atoms with Crippen LogP contribution in [0.25, 0.3) is 0 Å². The Labute approximate surface area is 127 Å². The zero-order valence-corrected chi connectivity index (χ0v) is 13.4. The topological polar surface area (TPSA) is 49.4 Å². The molecule has 3 aliphatic rings. The van der Waals surface area contributed by atoms with E-state index in [2.05, 4.69) is 19.2 Å². The van der Waals surface area contributed by atoms with Crippen LogP contribution in [0.2, 0.25) is 0 Å². The van der Waals surface area contributed by atoms with Crippen molar-refractivity contribution in [2.75, 3.05) is 0 Å². The maximum atomic E-state index is 13.3. The van der Waals surface area contributed by atoms with Crippen molar-refractivity contribution in [3.05, 3.63) is 0 Å². The zero-order chi connectivity index (χ0) is 15.1. The molecule has 2 saturated carbocycles. The predicted octanol–water partition coefficient (Wildman–Crippen LogP) is 2.76. The molecule has 2 amide bonds. The van der Waals surface area contributed by atoms with Crippen LogP contribution in [0.3, 0.4) is 0 Å². The summed E-state index contributed by atoms with van der Waals surface area (Å²) in [7, 11) is 0. The summed E-state index contributed by atoms with van der Waals surface area (Å²) in [6, 6.07) is 0.153. The van der Waals surface area contributed by atoms with E-state index in [1.54, 1.807) is 0 Å². The molecule has 1 aliphatic heterocycles. The number of rotatable bonds is 2. The van der Waals surface area contributed by atoms with Crippen molar-refractivity contribution in [3.63, 3.8) is 0 Å². The van der Waals surface area contributed by atoms with E-state index in [1.807, 2.05) is 4.90 Å². The first-order valence-corrected chi connectivity index (χ1v) is 8.72. The summed E-state index contributed by atoms with van der Waals surface area (Å²) >= 11 is 0. The van der Waals surface area contributed by atoms with E-state index in [9.17, 15) is 9.59 Å². The number of carbonyl (C=O) groups is 2.